The number of benzene rings is 1. The van der Waals surface area contributed by atoms with E-state index in [1.54, 1.807) is 13.8 Å². The molecule has 2 nitrogen and oxygen atoms in total. The molecule has 0 saturated carbocycles. The molecule has 0 aliphatic rings. The third kappa shape index (κ3) is 3.91. The molecule has 0 spiro atoms. The quantitative estimate of drug-likeness (QED) is 0.665. The van der Waals surface area contributed by atoms with E-state index in [1.807, 2.05) is 0 Å². The lowest BCUT2D eigenvalue weighted by atomic mass is 10.1. The highest BCUT2D eigenvalue weighted by molar-refractivity contribution is 6.20. The molecule has 100 valence electrons. The van der Waals surface area contributed by atoms with Gasteiger partial charge in [-0.3, -0.25) is 4.79 Å². The number of nitrogens with one attached hydrogen (secondary N) is 1. The van der Waals surface area contributed by atoms with Crippen molar-refractivity contribution < 1.29 is 18.0 Å². The minimum Gasteiger partial charge on any atom is -0.350 e. The Balaban J connectivity index is 2.79. The van der Waals surface area contributed by atoms with Gasteiger partial charge in [0, 0.05) is 17.0 Å². The molecule has 2 atom stereocenters. The number of carbonyl (C=O) groups is 1. The number of alkyl halides is 1. The van der Waals surface area contributed by atoms with Crippen molar-refractivity contribution in [2.75, 3.05) is 0 Å². The number of hydrogen-bond donors (Lipinski definition) is 1. The summed E-state index contributed by atoms with van der Waals surface area (Å²) in [6.45, 7) is 3.48. The van der Waals surface area contributed by atoms with Crippen LogP contribution in [0.1, 0.15) is 30.6 Å². The Kier molecular flexibility index (Phi) is 5.02. The molecule has 0 bridgehead atoms. The van der Waals surface area contributed by atoms with Gasteiger partial charge in [0.25, 0.3) is 5.91 Å². The van der Waals surface area contributed by atoms with E-state index in [0.29, 0.717) is 18.6 Å². The molecule has 1 rings (SSSR count). The Labute approximate surface area is 108 Å². The van der Waals surface area contributed by atoms with E-state index >= 15 is 0 Å². The first-order valence-corrected chi connectivity index (χ1v) is 5.84. The van der Waals surface area contributed by atoms with Crippen LogP contribution < -0.4 is 5.32 Å². The van der Waals surface area contributed by atoms with Crippen LogP contribution in [0, 0.1) is 17.5 Å². The van der Waals surface area contributed by atoms with Crippen LogP contribution >= 0.6 is 11.6 Å². The Bertz CT molecular complexity index is 428. The fraction of sp³-hybridized carbons (Fsp3) is 0.417. The van der Waals surface area contributed by atoms with Gasteiger partial charge in [-0.25, -0.2) is 13.2 Å². The monoisotopic (exact) mass is 279 g/mol. The van der Waals surface area contributed by atoms with Crippen LogP contribution in [0.5, 0.6) is 0 Å². The summed E-state index contributed by atoms with van der Waals surface area (Å²) >= 11 is 5.75. The van der Waals surface area contributed by atoms with Crippen LogP contribution in [-0.2, 0) is 0 Å². The summed E-state index contributed by atoms with van der Waals surface area (Å²) in [4.78, 5) is 11.6. The molecule has 18 heavy (non-hydrogen) atoms. The topological polar surface area (TPSA) is 29.1 Å². The van der Waals surface area contributed by atoms with Crippen molar-refractivity contribution >= 4 is 17.5 Å². The van der Waals surface area contributed by atoms with Crippen molar-refractivity contribution in [3.05, 3.63) is 35.1 Å². The molecule has 6 heteroatoms. The highest BCUT2D eigenvalue weighted by atomic mass is 35.5. The number of carbonyl (C=O) groups excluding carboxylic acids is 1. The van der Waals surface area contributed by atoms with Gasteiger partial charge in [0.05, 0.1) is 0 Å². The highest BCUT2D eigenvalue weighted by Crippen LogP contribution is 2.14. The van der Waals surface area contributed by atoms with Gasteiger partial charge >= 0.3 is 0 Å². The van der Waals surface area contributed by atoms with Gasteiger partial charge in [0.1, 0.15) is 0 Å². The molecule has 1 N–H and O–H groups in total. The van der Waals surface area contributed by atoms with Gasteiger partial charge in [0.15, 0.2) is 17.5 Å². The van der Waals surface area contributed by atoms with Crippen LogP contribution in [-0.4, -0.2) is 17.3 Å². The smallest absolute Gasteiger partial charge is 0.251 e. The number of amides is 1. The summed E-state index contributed by atoms with van der Waals surface area (Å²) in [5, 5.41) is 2.39. The molecule has 0 heterocycles. The summed E-state index contributed by atoms with van der Waals surface area (Å²) in [6, 6.07) is 1.07. The first kappa shape index (κ1) is 14.8. The SMILES string of the molecule is CC(Cl)CC(C)NC(=O)c1cc(F)c(F)c(F)c1. The number of hydrogen-bond acceptors (Lipinski definition) is 1. The van der Waals surface area contributed by atoms with Crippen molar-refractivity contribution in [3.8, 4) is 0 Å². The Morgan fingerprint density at radius 2 is 1.78 bits per heavy atom. The standard InChI is InChI=1S/C12H13ClF3NO/c1-6(13)3-7(2)17-12(18)8-4-9(14)11(16)10(15)5-8/h4-7H,3H2,1-2H3,(H,17,18). The molecule has 1 aromatic rings. The van der Waals surface area contributed by atoms with E-state index < -0.39 is 23.4 Å². The fourth-order valence-corrected chi connectivity index (χ4v) is 1.81. The lowest BCUT2D eigenvalue weighted by Crippen LogP contribution is -2.34. The van der Waals surface area contributed by atoms with Gasteiger partial charge in [0.2, 0.25) is 0 Å². The second-order valence-corrected chi connectivity index (χ2v) is 4.89. The average molecular weight is 280 g/mol. The summed E-state index contributed by atoms with van der Waals surface area (Å²) in [6.07, 6.45) is 0.513. The van der Waals surface area contributed by atoms with Crippen molar-refractivity contribution in [3.63, 3.8) is 0 Å². The molecule has 0 radical (unpaired) electrons. The van der Waals surface area contributed by atoms with E-state index in [1.165, 1.54) is 0 Å². The van der Waals surface area contributed by atoms with Crippen molar-refractivity contribution in [2.45, 2.75) is 31.7 Å². The largest absolute Gasteiger partial charge is 0.350 e. The fourth-order valence-electron chi connectivity index (χ4n) is 1.54. The first-order valence-electron chi connectivity index (χ1n) is 5.40. The van der Waals surface area contributed by atoms with E-state index in [2.05, 4.69) is 5.32 Å². The van der Waals surface area contributed by atoms with Gasteiger partial charge in [-0.05, 0) is 32.4 Å². The predicted octanol–water partition coefficient (Wildman–Crippen LogP) is 3.24. The molecule has 0 aliphatic heterocycles. The molecule has 0 saturated heterocycles. The van der Waals surface area contributed by atoms with Gasteiger partial charge in [-0.1, -0.05) is 0 Å². The molecule has 0 aliphatic carbocycles. The summed E-state index contributed by atoms with van der Waals surface area (Å²) < 4.78 is 38.6. The Morgan fingerprint density at radius 3 is 2.22 bits per heavy atom. The van der Waals surface area contributed by atoms with Crippen molar-refractivity contribution in [2.24, 2.45) is 0 Å². The molecular weight excluding hydrogens is 267 g/mol. The van der Waals surface area contributed by atoms with Crippen molar-refractivity contribution in [1.29, 1.82) is 0 Å². The maximum absolute atomic E-state index is 12.9. The average Bonchev–Trinajstić information content (AvgIpc) is 2.23. The zero-order chi connectivity index (χ0) is 13.9. The predicted molar refractivity (Wildman–Crippen MR) is 63.2 cm³/mol. The minimum absolute atomic E-state index is 0.137. The van der Waals surface area contributed by atoms with E-state index in [9.17, 15) is 18.0 Å². The van der Waals surface area contributed by atoms with Crippen molar-refractivity contribution in [1.82, 2.24) is 5.32 Å². The van der Waals surface area contributed by atoms with Crippen LogP contribution in [0.3, 0.4) is 0 Å². The van der Waals surface area contributed by atoms with Crippen LogP contribution in [0.15, 0.2) is 12.1 Å². The van der Waals surface area contributed by atoms with E-state index in [0.717, 1.165) is 0 Å². The second-order valence-electron chi connectivity index (χ2n) is 4.14. The summed E-state index contributed by atoms with van der Waals surface area (Å²) in [5.41, 5.74) is -0.263. The zero-order valence-electron chi connectivity index (χ0n) is 9.94. The molecule has 0 fully saturated rings. The van der Waals surface area contributed by atoms with Gasteiger partial charge in [-0.15, -0.1) is 11.6 Å². The second kappa shape index (κ2) is 6.09. The first-order chi connectivity index (χ1) is 8.31. The van der Waals surface area contributed by atoms with Crippen LogP contribution in [0.4, 0.5) is 13.2 Å². The normalized spacial score (nSPS) is 14.1. The Morgan fingerprint density at radius 1 is 1.28 bits per heavy atom. The number of rotatable bonds is 4. The van der Waals surface area contributed by atoms with Crippen LogP contribution in [0.25, 0.3) is 0 Å². The maximum Gasteiger partial charge on any atom is 0.251 e. The van der Waals surface area contributed by atoms with E-state index in [4.69, 9.17) is 11.6 Å². The highest BCUT2D eigenvalue weighted by Gasteiger charge is 2.16. The summed E-state index contributed by atoms with van der Waals surface area (Å²) in [5.74, 6) is -5.04. The third-order valence-corrected chi connectivity index (χ3v) is 2.48. The maximum atomic E-state index is 12.9. The van der Waals surface area contributed by atoms with Crippen LogP contribution in [0.2, 0.25) is 0 Å². The summed E-state index contributed by atoms with van der Waals surface area (Å²) in [7, 11) is 0. The molecule has 1 aromatic carbocycles. The molecule has 2 unspecified atom stereocenters. The lowest BCUT2D eigenvalue weighted by molar-refractivity contribution is 0.0937. The number of halogens is 4. The molecule has 1 amide bonds. The molecule has 0 aromatic heterocycles. The van der Waals surface area contributed by atoms with Gasteiger partial charge in [-0.2, -0.15) is 0 Å². The lowest BCUT2D eigenvalue weighted by Gasteiger charge is -2.15. The minimum atomic E-state index is -1.59. The van der Waals surface area contributed by atoms with Gasteiger partial charge < -0.3 is 5.32 Å². The van der Waals surface area contributed by atoms with E-state index in [-0.39, 0.29) is 17.0 Å². The molecular formula is C12H13ClF3NO. The third-order valence-electron chi connectivity index (χ3n) is 2.30. The zero-order valence-corrected chi connectivity index (χ0v) is 10.7. The Hall–Kier alpha value is -1.23.